The Kier molecular flexibility index (Phi) is 3.03. The average molecular weight is 168 g/mol. The third-order valence-corrected chi connectivity index (χ3v) is 1.99. The summed E-state index contributed by atoms with van der Waals surface area (Å²) < 4.78 is 5.36. The van der Waals surface area contributed by atoms with Gasteiger partial charge < -0.3 is 10.5 Å². The van der Waals surface area contributed by atoms with E-state index in [9.17, 15) is 5.11 Å². The zero-order chi connectivity index (χ0) is 9.03. The van der Waals surface area contributed by atoms with Gasteiger partial charge in [-0.15, -0.1) is 0 Å². The fourth-order valence-corrected chi connectivity index (χ4v) is 1.28. The van der Waals surface area contributed by atoms with Gasteiger partial charge in [0.1, 0.15) is 11.7 Å². The Hall–Kier alpha value is -0.640. The lowest BCUT2D eigenvalue weighted by molar-refractivity contribution is -0.0880. The summed E-state index contributed by atoms with van der Waals surface area (Å²) in [6.45, 7) is 2.60. The van der Waals surface area contributed by atoms with Crippen LogP contribution < -0.4 is 5.73 Å². The number of allylic oxidation sites excluding steroid dienone is 2. The van der Waals surface area contributed by atoms with E-state index >= 15 is 0 Å². The number of hydrogen-bond acceptors (Lipinski definition) is 2. The first-order valence-corrected chi connectivity index (χ1v) is 4.11. The molecule has 3 nitrogen and oxygen atoms in total. The molecule has 67 valence electrons. The fraction of sp³-hybridized carbons (Fsp3) is 0.556. The molecule has 1 aliphatic carbocycles. The largest absolute Gasteiger partial charge is 0.367 e. The molecular weight excluding hydrogens is 154 g/mol. The van der Waals surface area contributed by atoms with E-state index in [1.807, 2.05) is 6.92 Å². The highest BCUT2D eigenvalue weighted by Crippen LogP contribution is 2.22. The van der Waals surface area contributed by atoms with Gasteiger partial charge in [-0.05, 0) is 19.1 Å². The van der Waals surface area contributed by atoms with Crippen LogP contribution in [0.25, 0.3) is 0 Å². The van der Waals surface area contributed by atoms with Crippen LogP contribution in [0.2, 0.25) is 0 Å². The summed E-state index contributed by atoms with van der Waals surface area (Å²) in [6.07, 6.45) is 5.96. The standard InChI is InChI=1S/C9H14NO2/c1-2-12-9(7-10)6-4-3-5-8(9)11/h3-6,8H,2,7,10H2,1H3. The van der Waals surface area contributed by atoms with Crippen LogP contribution in [0.15, 0.2) is 24.3 Å². The highest BCUT2D eigenvalue weighted by atomic mass is 16.5. The normalized spacial score (nSPS) is 34.1. The van der Waals surface area contributed by atoms with Crippen molar-refractivity contribution >= 4 is 0 Å². The van der Waals surface area contributed by atoms with Gasteiger partial charge in [0, 0.05) is 13.2 Å². The molecule has 1 aliphatic rings. The lowest BCUT2D eigenvalue weighted by Gasteiger charge is -2.32. The monoisotopic (exact) mass is 168 g/mol. The third-order valence-electron chi connectivity index (χ3n) is 1.99. The third kappa shape index (κ3) is 1.58. The van der Waals surface area contributed by atoms with Crippen LogP contribution in [0.3, 0.4) is 0 Å². The highest BCUT2D eigenvalue weighted by molar-refractivity contribution is 5.23. The highest BCUT2D eigenvalue weighted by Gasteiger charge is 2.35. The summed E-state index contributed by atoms with van der Waals surface area (Å²) in [4.78, 5) is 0. The molecule has 0 bridgehead atoms. The van der Waals surface area contributed by atoms with Crippen LogP contribution in [-0.2, 0) is 9.84 Å². The summed E-state index contributed by atoms with van der Waals surface area (Å²) in [5.74, 6) is 0. The molecule has 2 N–H and O–H groups in total. The average Bonchev–Trinajstić information content (AvgIpc) is 2.10. The van der Waals surface area contributed by atoms with E-state index in [4.69, 9.17) is 10.5 Å². The van der Waals surface area contributed by atoms with Gasteiger partial charge in [-0.1, -0.05) is 12.2 Å². The van der Waals surface area contributed by atoms with Gasteiger partial charge in [0.25, 0.3) is 0 Å². The molecule has 0 spiro atoms. The SMILES string of the molecule is CCOC1(CN)C=CC=CC1[O]. The van der Waals surface area contributed by atoms with Crippen molar-refractivity contribution in [3.63, 3.8) is 0 Å². The fourth-order valence-electron chi connectivity index (χ4n) is 1.28. The lowest BCUT2D eigenvalue weighted by atomic mass is 9.92. The van der Waals surface area contributed by atoms with E-state index in [0.717, 1.165) is 0 Å². The number of nitrogens with two attached hydrogens (primary N) is 1. The van der Waals surface area contributed by atoms with Crippen LogP contribution >= 0.6 is 0 Å². The van der Waals surface area contributed by atoms with Gasteiger partial charge in [0.05, 0.1) is 0 Å². The van der Waals surface area contributed by atoms with Crippen molar-refractivity contribution in [3.05, 3.63) is 24.3 Å². The first-order valence-electron chi connectivity index (χ1n) is 4.11. The predicted octanol–water partition coefficient (Wildman–Crippen LogP) is 0.646. The van der Waals surface area contributed by atoms with E-state index in [1.54, 1.807) is 24.3 Å². The Morgan fingerprint density at radius 2 is 2.33 bits per heavy atom. The molecule has 0 aromatic carbocycles. The van der Waals surface area contributed by atoms with Crippen molar-refractivity contribution in [2.24, 2.45) is 5.73 Å². The maximum absolute atomic E-state index is 11.5. The van der Waals surface area contributed by atoms with Crippen LogP contribution in [0.4, 0.5) is 0 Å². The van der Waals surface area contributed by atoms with Crippen LogP contribution in [-0.4, -0.2) is 24.9 Å². The molecule has 0 aliphatic heterocycles. The molecule has 0 amide bonds. The molecule has 2 atom stereocenters. The van der Waals surface area contributed by atoms with Crippen molar-refractivity contribution in [2.45, 2.75) is 18.6 Å². The first kappa shape index (κ1) is 9.45. The van der Waals surface area contributed by atoms with Gasteiger partial charge >= 0.3 is 0 Å². The maximum Gasteiger partial charge on any atom is 0.145 e. The second-order valence-corrected chi connectivity index (χ2v) is 2.76. The van der Waals surface area contributed by atoms with Crippen molar-refractivity contribution in [1.82, 2.24) is 0 Å². The van der Waals surface area contributed by atoms with E-state index in [1.165, 1.54) is 0 Å². The molecule has 0 fully saturated rings. The smallest absolute Gasteiger partial charge is 0.145 e. The summed E-state index contributed by atoms with van der Waals surface area (Å²) in [6, 6.07) is 0. The van der Waals surface area contributed by atoms with Gasteiger partial charge in [0.15, 0.2) is 0 Å². The Morgan fingerprint density at radius 1 is 1.58 bits per heavy atom. The van der Waals surface area contributed by atoms with E-state index in [-0.39, 0.29) is 6.54 Å². The van der Waals surface area contributed by atoms with E-state index < -0.39 is 11.7 Å². The van der Waals surface area contributed by atoms with Crippen molar-refractivity contribution < 1.29 is 9.84 Å². The quantitative estimate of drug-likeness (QED) is 0.672. The van der Waals surface area contributed by atoms with Crippen molar-refractivity contribution in [2.75, 3.05) is 13.2 Å². The molecule has 12 heavy (non-hydrogen) atoms. The predicted molar refractivity (Wildman–Crippen MR) is 46.2 cm³/mol. The first-order chi connectivity index (χ1) is 5.75. The molecule has 0 aromatic heterocycles. The molecule has 0 heterocycles. The van der Waals surface area contributed by atoms with Gasteiger partial charge in [-0.3, -0.25) is 0 Å². The molecule has 0 saturated carbocycles. The molecule has 2 unspecified atom stereocenters. The topological polar surface area (TPSA) is 55.1 Å². The second kappa shape index (κ2) is 3.85. The minimum atomic E-state index is -0.882. The van der Waals surface area contributed by atoms with Crippen molar-refractivity contribution in [1.29, 1.82) is 0 Å². The Bertz CT molecular complexity index is 201. The van der Waals surface area contributed by atoms with Crippen LogP contribution in [0.1, 0.15) is 6.92 Å². The zero-order valence-corrected chi connectivity index (χ0v) is 7.19. The Morgan fingerprint density at radius 3 is 2.83 bits per heavy atom. The van der Waals surface area contributed by atoms with Crippen molar-refractivity contribution in [3.8, 4) is 0 Å². The summed E-state index contributed by atoms with van der Waals surface area (Å²) in [5, 5.41) is 11.5. The molecule has 1 radical (unpaired) electrons. The zero-order valence-electron chi connectivity index (χ0n) is 7.19. The lowest BCUT2D eigenvalue weighted by Crippen LogP contribution is -2.48. The number of rotatable bonds is 3. The number of hydrogen-bond donors (Lipinski definition) is 1. The minimum absolute atomic E-state index is 0.232. The van der Waals surface area contributed by atoms with E-state index in [0.29, 0.717) is 6.61 Å². The van der Waals surface area contributed by atoms with Gasteiger partial charge in [0.2, 0.25) is 0 Å². The van der Waals surface area contributed by atoms with Gasteiger partial charge in [-0.2, -0.15) is 0 Å². The van der Waals surface area contributed by atoms with Crippen LogP contribution in [0, 0.1) is 0 Å². The Labute approximate surface area is 72.5 Å². The second-order valence-electron chi connectivity index (χ2n) is 2.76. The Balaban J connectivity index is 2.77. The number of ether oxygens (including phenoxy) is 1. The molecule has 0 aromatic rings. The summed E-state index contributed by atoms with van der Waals surface area (Å²) in [7, 11) is 0. The maximum atomic E-state index is 11.5. The van der Waals surface area contributed by atoms with Crippen LogP contribution in [0.5, 0.6) is 0 Å². The molecule has 1 rings (SSSR count). The van der Waals surface area contributed by atoms with E-state index in [2.05, 4.69) is 0 Å². The minimum Gasteiger partial charge on any atom is -0.367 e. The summed E-state index contributed by atoms with van der Waals surface area (Å²) >= 11 is 0. The summed E-state index contributed by atoms with van der Waals surface area (Å²) in [5.41, 5.74) is 4.69. The molecule has 3 heteroatoms. The molecular formula is C9H14NO2. The molecule has 0 saturated heterocycles. The van der Waals surface area contributed by atoms with Gasteiger partial charge in [-0.25, -0.2) is 5.11 Å².